The summed E-state index contributed by atoms with van der Waals surface area (Å²) < 4.78 is 14.2. The molecule has 0 aliphatic heterocycles. The lowest BCUT2D eigenvalue weighted by Crippen LogP contribution is -3.00. The summed E-state index contributed by atoms with van der Waals surface area (Å²) in [6.45, 7) is 5.37. The van der Waals surface area contributed by atoms with Crippen LogP contribution in [0.4, 0.5) is 0 Å². The number of aromatic nitrogens is 1. The van der Waals surface area contributed by atoms with E-state index in [1.807, 2.05) is 18.2 Å². The maximum atomic E-state index is 11.2. The number of hydrogen-bond acceptors (Lipinski definition) is 3. The number of aryl methyl sites for hydroxylation is 1. The predicted molar refractivity (Wildman–Crippen MR) is 186 cm³/mol. The van der Waals surface area contributed by atoms with Crippen molar-refractivity contribution in [2.75, 3.05) is 34.3 Å². The quantitative estimate of drug-likeness (QED) is 0.0646. The molecular formula is C39H64BrClN2O3. The van der Waals surface area contributed by atoms with Gasteiger partial charge in [-0.15, -0.1) is 0 Å². The van der Waals surface area contributed by atoms with Crippen LogP contribution < -0.4 is 44.3 Å². The summed E-state index contributed by atoms with van der Waals surface area (Å²) in [4.78, 5) is 11.2. The molecule has 2 aromatic heterocycles. The third-order valence-corrected chi connectivity index (χ3v) is 8.13. The van der Waals surface area contributed by atoms with E-state index >= 15 is 0 Å². The Morgan fingerprint density at radius 1 is 0.674 bits per heavy atom. The van der Waals surface area contributed by atoms with E-state index < -0.39 is 0 Å². The molecule has 0 spiro atoms. The van der Waals surface area contributed by atoms with Crippen LogP contribution in [0, 0.1) is 0 Å². The SMILES string of the molecule is CCCCCCCCCCCCCCCC[N+](C)(C)C.O=c1ccc2ccc(OCCCCCC[n+]3ccccc3)cc2o1.[Br-].[Cl-]. The van der Waals surface area contributed by atoms with E-state index in [0.717, 1.165) is 35.0 Å². The smallest absolute Gasteiger partial charge is 0.336 e. The molecule has 3 aromatic rings. The van der Waals surface area contributed by atoms with Gasteiger partial charge in [-0.1, -0.05) is 90.0 Å². The molecule has 0 unspecified atom stereocenters. The Kier molecular flexibility index (Phi) is 27.0. The van der Waals surface area contributed by atoms with Crippen LogP contribution in [0.5, 0.6) is 5.75 Å². The first-order valence-corrected chi connectivity index (χ1v) is 17.8. The van der Waals surface area contributed by atoms with Gasteiger partial charge in [-0.05, 0) is 50.3 Å². The number of rotatable bonds is 23. The third kappa shape index (κ3) is 23.4. The van der Waals surface area contributed by atoms with E-state index in [1.54, 1.807) is 12.1 Å². The average molecular weight is 724 g/mol. The molecule has 0 aliphatic carbocycles. The maximum Gasteiger partial charge on any atom is 0.336 e. The van der Waals surface area contributed by atoms with Crippen LogP contribution in [0.3, 0.4) is 0 Å². The molecule has 5 nitrogen and oxygen atoms in total. The number of ether oxygens (including phenoxy) is 1. The summed E-state index contributed by atoms with van der Waals surface area (Å²) in [7, 11) is 6.88. The highest BCUT2D eigenvalue weighted by molar-refractivity contribution is 5.77. The molecule has 262 valence electrons. The van der Waals surface area contributed by atoms with E-state index in [9.17, 15) is 4.79 Å². The number of nitrogens with zero attached hydrogens (tertiary/aromatic N) is 2. The van der Waals surface area contributed by atoms with E-state index in [0.29, 0.717) is 12.2 Å². The van der Waals surface area contributed by atoms with Crippen molar-refractivity contribution in [2.24, 2.45) is 0 Å². The van der Waals surface area contributed by atoms with Crippen molar-refractivity contribution in [2.45, 2.75) is 129 Å². The van der Waals surface area contributed by atoms with Crippen LogP contribution >= 0.6 is 0 Å². The zero-order valence-corrected chi connectivity index (χ0v) is 31.8. The number of quaternary nitrogens is 1. The molecule has 0 saturated heterocycles. The Morgan fingerprint density at radius 3 is 1.78 bits per heavy atom. The topological polar surface area (TPSA) is 43.3 Å². The Balaban J connectivity index is 0.000000861. The molecule has 0 atom stereocenters. The normalized spacial score (nSPS) is 10.9. The fourth-order valence-electron chi connectivity index (χ4n) is 5.43. The number of fused-ring (bicyclic) bond motifs is 1. The lowest BCUT2D eigenvalue weighted by Gasteiger charge is -2.23. The molecule has 0 N–H and O–H groups in total. The minimum Gasteiger partial charge on any atom is -1.00 e. The summed E-state index contributed by atoms with van der Waals surface area (Å²) in [5.74, 6) is 0.747. The number of unbranched alkanes of at least 4 members (excludes halogenated alkanes) is 16. The van der Waals surface area contributed by atoms with Crippen molar-refractivity contribution >= 4 is 11.0 Å². The van der Waals surface area contributed by atoms with E-state index in [4.69, 9.17) is 9.15 Å². The third-order valence-electron chi connectivity index (χ3n) is 8.13. The van der Waals surface area contributed by atoms with Crippen LogP contribution in [0.25, 0.3) is 11.0 Å². The number of halogens is 2. The van der Waals surface area contributed by atoms with Gasteiger partial charge >= 0.3 is 5.63 Å². The maximum absolute atomic E-state index is 11.2. The Hall–Kier alpha value is -1.89. The van der Waals surface area contributed by atoms with Crippen LogP contribution in [-0.2, 0) is 6.54 Å². The van der Waals surface area contributed by atoms with Crippen LogP contribution in [0.2, 0.25) is 0 Å². The average Bonchev–Trinajstić information content (AvgIpc) is 3.01. The van der Waals surface area contributed by atoms with Gasteiger partial charge in [-0.25, -0.2) is 9.36 Å². The predicted octanol–water partition coefficient (Wildman–Crippen LogP) is 3.90. The lowest BCUT2D eigenvalue weighted by atomic mass is 10.0. The second kappa shape index (κ2) is 28.2. The fourth-order valence-corrected chi connectivity index (χ4v) is 5.43. The summed E-state index contributed by atoms with van der Waals surface area (Å²) in [5, 5.41) is 0.903. The standard InChI is InChI=1S/C20H22NO3.C19H42N.BrH.ClH/c22-20-11-9-17-8-10-18(16-19(17)24-20)23-15-7-2-1-4-12-21-13-5-3-6-14-21;1-5-6-7-8-9-10-11-12-13-14-15-16-17-18-19-20(2,3)4;;/h3,5-6,8-11,13-14,16H,1-2,4,7,12,15H2;5-19H2,1-4H3;2*1H/q2*+1;;/p-2. The largest absolute Gasteiger partial charge is 1.00 e. The second-order valence-electron chi connectivity index (χ2n) is 13.4. The monoisotopic (exact) mass is 722 g/mol. The molecule has 1 aromatic carbocycles. The second-order valence-corrected chi connectivity index (χ2v) is 13.4. The van der Waals surface area contributed by atoms with Gasteiger partial charge in [0.15, 0.2) is 12.4 Å². The first-order chi connectivity index (χ1) is 21.4. The Labute approximate surface area is 297 Å². The summed E-state index contributed by atoms with van der Waals surface area (Å²) in [6.07, 6.45) is 29.1. The summed E-state index contributed by atoms with van der Waals surface area (Å²) in [6, 6.07) is 14.9. The van der Waals surface area contributed by atoms with Gasteiger partial charge in [0.05, 0.1) is 34.3 Å². The van der Waals surface area contributed by atoms with Crippen LogP contribution in [0.15, 0.2) is 70.1 Å². The molecule has 0 amide bonds. The van der Waals surface area contributed by atoms with Gasteiger partial charge in [-0.3, -0.25) is 0 Å². The van der Waals surface area contributed by atoms with Crippen molar-refractivity contribution in [1.82, 2.24) is 0 Å². The molecule has 0 bridgehead atoms. The summed E-state index contributed by atoms with van der Waals surface area (Å²) in [5.41, 5.74) is 0.232. The van der Waals surface area contributed by atoms with E-state index in [1.165, 1.54) is 115 Å². The lowest BCUT2D eigenvalue weighted by molar-refractivity contribution is -0.870. The van der Waals surface area contributed by atoms with Gasteiger partial charge in [0, 0.05) is 36.1 Å². The first-order valence-electron chi connectivity index (χ1n) is 17.8. The molecule has 0 saturated carbocycles. The minimum absolute atomic E-state index is 0. The fraction of sp³-hybridized carbons (Fsp3) is 0.641. The van der Waals surface area contributed by atoms with Crippen molar-refractivity contribution in [3.8, 4) is 5.75 Å². The van der Waals surface area contributed by atoms with Crippen molar-refractivity contribution in [3.63, 3.8) is 0 Å². The number of benzene rings is 1. The Bertz CT molecular complexity index is 1170. The van der Waals surface area contributed by atoms with Gasteiger partial charge in [0.1, 0.15) is 17.9 Å². The Morgan fingerprint density at radius 2 is 1.20 bits per heavy atom. The van der Waals surface area contributed by atoms with Gasteiger partial charge in [0.25, 0.3) is 0 Å². The molecule has 46 heavy (non-hydrogen) atoms. The van der Waals surface area contributed by atoms with Crippen molar-refractivity contribution < 1.29 is 47.6 Å². The first kappa shape index (κ1) is 44.1. The molecule has 0 fully saturated rings. The van der Waals surface area contributed by atoms with Crippen LogP contribution in [0.1, 0.15) is 122 Å². The van der Waals surface area contributed by atoms with E-state index in [2.05, 4.69) is 57.2 Å². The highest BCUT2D eigenvalue weighted by Crippen LogP contribution is 2.20. The molecular weight excluding hydrogens is 660 g/mol. The molecule has 7 heteroatoms. The zero-order valence-electron chi connectivity index (χ0n) is 29.5. The summed E-state index contributed by atoms with van der Waals surface area (Å²) >= 11 is 0. The highest BCUT2D eigenvalue weighted by atomic mass is 79.9. The van der Waals surface area contributed by atoms with Crippen LogP contribution in [-0.4, -0.2) is 38.8 Å². The minimum atomic E-state index is -0.337. The van der Waals surface area contributed by atoms with Crippen molar-refractivity contribution in [3.05, 3.63) is 71.3 Å². The van der Waals surface area contributed by atoms with Gasteiger partial charge in [0.2, 0.25) is 0 Å². The molecule has 0 aliphatic rings. The molecule has 2 heterocycles. The molecule has 0 radical (unpaired) electrons. The van der Waals surface area contributed by atoms with Crippen molar-refractivity contribution in [1.29, 1.82) is 0 Å². The number of hydrogen-bond donors (Lipinski definition) is 0. The molecule has 3 rings (SSSR count). The highest BCUT2D eigenvalue weighted by Gasteiger charge is 2.05. The number of pyridine rings is 1. The van der Waals surface area contributed by atoms with Gasteiger partial charge < -0.3 is 43.0 Å². The van der Waals surface area contributed by atoms with Gasteiger partial charge in [-0.2, -0.15) is 0 Å². The van der Waals surface area contributed by atoms with E-state index in [-0.39, 0.29) is 35.0 Å². The zero-order chi connectivity index (χ0) is 31.7.